The third kappa shape index (κ3) is 5.71. The van der Waals surface area contributed by atoms with Crippen molar-refractivity contribution in [1.29, 1.82) is 0 Å². The average Bonchev–Trinajstić information content (AvgIpc) is 3.26. The highest BCUT2D eigenvalue weighted by molar-refractivity contribution is 9.10. The van der Waals surface area contributed by atoms with Gasteiger partial charge in [0.15, 0.2) is 11.0 Å². The summed E-state index contributed by atoms with van der Waals surface area (Å²) in [4.78, 5) is 16.6. The van der Waals surface area contributed by atoms with Crippen molar-refractivity contribution in [1.82, 2.24) is 25.2 Å². The van der Waals surface area contributed by atoms with Gasteiger partial charge in [-0.05, 0) is 61.0 Å². The number of hydrogen-bond donors (Lipinski definition) is 1. The number of carbonyl (C=O) groups is 1. The number of thioether (sulfide) groups is 1. The van der Waals surface area contributed by atoms with E-state index in [9.17, 15) is 9.18 Å². The number of nitrogens with one attached hydrogen (secondary N) is 1. The van der Waals surface area contributed by atoms with E-state index in [4.69, 9.17) is 0 Å². The lowest BCUT2D eigenvalue weighted by Gasteiger charge is -2.10. The van der Waals surface area contributed by atoms with Crippen LogP contribution in [0.25, 0.3) is 17.1 Å². The van der Waals surface area contributed by atoms with E-state index in [1.165, 1.54) is 23.9 Å². The highest BCUT2D eigenvalue weighted by Gasteiger charge is 2.17. The zero-order valence-electron chi connectivity index (χ0n) is 17.4. The van der Waals surface area contributed by atoms with Gasteiger partial charge in [0.05, 0.1) is 11.5 Å². The smallest absolute Gasteiger partial charge is 0.250 e. The van der Waals surface area contributed by atoms with E-state index in [1.807, 2.05) is 41.0 Å². The maximum atomic E-state index is 13.1. The second-order valence-electron chi connectivity index (χ2n) is 6.89. The molecule has 0 aliphatic rings. The van der Waals surface area contributed by atoms with E-state index in [2.05, 4.69) is 41.6 Å². The van der Waals surface area contributed by atoms with Crippen molar-refractivity contribution < 1.29 is 9.18 Å². The number of hydrogen-bond acceptors (Lipinski definition) is 6. The van der Waals surface area contributed by atoms with Crippen LogP contribution in [0.1, 0.15) is 12.5 Å². The maximum absolute atomic E-state index is 13.1. The largest absolute Gasteiger partial charge is 0.272 e. The van der Waals surface area contributed by atoms with Gasteiger partial charge in [-0.25, -0.2) is 9.82 Å². The predicted molar refractivity (Wildman–Crippen MR) is 130 cm³/mol. The van der Waals surface area contributed by atoms with Crippen LogP contribution in [0.15, 0.2) is 87.8 Å². The highest BCUT2D eigenvalue weighted by atomic mass is 79.9. The number of rotatable bonds is 7. The van der Waals surface area contributed by atoms with Crippen LogP contribution in [-0.2, 0) is 4.79 Å². The molecule has 0 saturated heterocycles. The van der Waals surface area contributed by atoms with Crippen LogP contribution in [0, 0.1) is 5.82 Å². The molecule has 2 aromatic heterocycles. The number of hydrazone groups is 1. The van der Waals surface area contributed by atoms with E-state index >= 15 is 0 Å². The molecule has 10 heteroatoms. The number of benzene rings is 2. The Bertz CT molecular complexity index is 1280. The topological polar surface area (TPSA) is 85.1 Å². The fraction of sp³-hybridized carbons (Fsp3) is 0.0870. The van der Waals surface area contributed by atoms with Gasteiger partial charge in [0.2, 0.25) is 0 Å². The van der Waals surface area contributed by atoms with Gasteiger partial charge in [0.1, 0.15) is 5.82 Å². The van der Waals surface area contributed by atoms with Gasteiger partial charge >= 0.3 is 0 Å². The summed E-state index contributed by atoms with van der Waals surface area (Å²) >= 11 is 4.70. The van der Waals surface area contributed by atoms with Crippen molar-refractivity contribution in [2.45, 2.75) is 12.1 Å². The molecule has 33 heavy (non-hydrogen) atoms. The average molecular weight is 525 g/mol. The molecule has 2 heterocycles. The molecular formula is C23H18BrFN6OS. The van der Waals surface area contributed by atoms with Crippen LogP contribution in [-0.4, -0.2) is 37.1 Å². The van der Waals surface area contributed by atoms with Gasteiger partial charge in [0.25, 0.3) is 5.91 Å². The third-order valence-corrected chi connectivity index (χ3v) is 6.04. The molecule has 0 aliphatic carbocycles. The molecule has 0 bridgehead atoms. The lowest BCUT2D eigenvalue weighted by atomic mass is 10.1. The third-order valence-electron chi connectivity index (χ3n) is 4.58. The molecule has 0 atom stereocenters. The van der Waals surface area contributed by atoms with Crippen LogP contribution in [0.4, 0.5) is 4.39 Å². The zero-order valence-corrected chi connectivity index (χ0v) is 19.8. The second-order valence-corrected chi connectivity index (χ2v) is 8.75. The van der Waals surface area contributed by atoms with Crippen molar-refractivity contribution in [2.24, 2.45) is 5.10 Å². The number of halogens is 2. The Morgan fingerprint density at radius 1 is 1.12 bits per heavy atom. The maximum Gasteiger partial charge on any atom is 0.250 e. The number of aromatic nitrogens is 4. The zero-order chi connectivity index (χ0) is 23.2. The van der Waals surface area contributed by atoms with Gasteiger partial charge in [-0.1, -0.05) is 39.8 Å². The Balaban J connectivity index is 1.51. The summed E-state index contributed by atoms with van der Waals surface area (Å²) in [5.41, 5.74) is 5.49. The molecule has 4 rings (SSSR count). The number of nitrogens with zero attached hydrogens (tertiary/aromatic N) is 5. The van der Waals surface area contributed by atoms with Crippen molar-refractivity contribution in [3.8, 4) is 17.1 Å². The van der Waals surface area contributed by atoms with E-state index in [0.717, 1.165) is 21.3 Å². The van der Waals surface area contributed by atoms with Gasteiger partial charge < -0.3 is 0 Å². The Morgan fingerprint density at radius 2 is 1.88 bits per heavy atom. The van der Waals surface area contributed by atoms with Crippen molar-refractivity contribution in [2.75, 3.05) is 5.75 Å². The lowest BCUT2D eigenvalue weighted by Crippen LogP contribution is -2.21. The minimum absolute atomic E-state index is 0.0852. The first-order valence-corrected chi connectivity index (χ1v) is 11.6. The molecule has 1 amide bonds. The minimum Gasteiger partial charge on any atom is -0.272 e. The van der Waals surface area contributed by atoms with E-state index in [1.54, 1.807) is 31.5 Å². The van der Waals surface area contributed by atoms with Crippen LogP contribution >= 0.6 is 27.7 Å². The minimum atomic E-state index is -0.326. The molecule has 0 radical (unpaired) electrons. The summed E-state index contributed by atoms with van der Waals surface area (Å²) in [6.45, 7) is 1.74. The van der Waals surface area contributed by atoms with Crippen LogP contribution in [0.3, 0.4) is 0 Å². The molecule has 0 unspecified atom stereocenters. The summed E-state index contributed by atoms with van der Waals surface area (Å²) in [7, 11) is 0. The Morgan fingerprint density at radius 3 is 2.58 bits per heavy atom. The van der Waals surface area contributed by atoms with Gasteiger partial charge in [-0.2, -0.15) is 5.10 Å². The summed E-state index contributed by atoms with van der Waals surface area (Å²) in [5, 5.41) is 13.3. The summed E-state index contributed by atoms with van der Waals surface area (Å²) in [6.07, 6.45) is 3.41. The first-order valence-electron chi connectivity index (χ1n) is 9.85. The summed E-state index contributed by atoms with van der Waals surface area (Å²) in [6, 6.07) is 17.4. The second kappa shape index (κ2) is 10.5. The normalized spacial score (nSPS) is 11.4. The van der Waals surface area contributed by atoms with Crippen molar-refractivity contribution >= 4 is 39.3 Å². The molecule has 7 nitrogen and oxygen atoms in total. The van der Waals surface area contributed by atoms with E-state index in [-0.39, 0.29) is 17.5 Å². The van der Waals surface area contributed by atoms with Crippen LogP contribution in [0.5, 0.6) is 0 Å². The molecular weight excluding hydrogens is 507 g/mol. The molecule has 166 valence electrons. The van der Waals surface area contributed by atoms with E-state index < -0.39 is 0 Å². The number of amides is 1. The standard InChI is InChI=1S/C23H18BrFN6OS/c1-15(16-4-8-19(25)9-5-16)27-28-21(32)14-33-23-30-29-22(17-3-2-12-26-13-17)31(23)20-10-6-18(24)7-11-20/h2-13H,14H2,1H3,(H,28,32). The fourth-order valence-corrected chi connectivity index (χ4v) is 3.94. The SMILES string of the molecule is CC(=NNC(=O)CSc1nnc(-c2cccnc2)n1-c1ccc(Br)cc1)c1ccc(F)cc1. The molecule has 0 fully saturated rings. The Hall–Kier alpha value is -3.37. The Labute approximate surface area is 202 Å². The molecule has 1 N–H and O–H groups in total. The number of pyridine rings is 1. The van der Waals surface area contributed by atoms with Crippen molar-refractivity contribution in [3.63, 3.8) is 0 Å². The highest BCUT2D eigenvalue weighted by Crippen LogP contribution is 2.28. The quantitative estimate of drug-likeness (QED) is 0.212. The van der Waals surface area contributed by atoms with Gasteiger partial charge in [-0.15, -0.1) is 10.2 Å². The molecule has 0 spiro atoms. The summed E-state index contributed by atoms with van der Waals surface area (Å²) < 4.78 is 15.9. The monoisotopic (exact) mass is 524 g/mol. The first-order chi connectivity index (χ1) is 16.0. The fourth-order valence-electron chi connectivity index (χ4n) is 2.93. The summed E-state index contributed by atoms with van der Waals surface area (Å²) in [5.74, 6) is 0.0859. The molecule has 0 aliphatic heterocycles. The Kier molecular flexibility index (Phi) is 7.26. The predicted octanol–water partition coefficient (Wildman–Crippen LogP) is 4.86. The molecule has 0 saturated carbocycles. The van der Waals surface area contributed by atoms with Gasteiger partial charge in [0, 0.05) is 28.1 Å². The van der Waals surface area contributed by atoms with Crippen LogP contribution in [0.2, 0.25) is 0 Å². The van der Waals surface area contributed by atoms with Gasteiger partial charge in [-0.3, -0.25) is 14.3 Å². The molecule has 4 aromatic rings. The lowest BCUT2D eigenvalue weighted by molar-refractivity contribution is -0.118. The van der Waals surface area contributed by atoms with Crippen LogP contribution < -0.4 is 5.43 Å². The van der Waals surface area contributed by atoms with E-state index in [0.29, 0.717) is 16.7 Å². The first kappa shape index (κ1) is 22.8. The van der Waals surface area contributed by atoms with Crippen molar-refractivity contribution in [3.05, 3.63) is 88.9 Å². The molecule has 2 aromatic carbocycles. The number of carbonyl (C=O) groups excluding carboxylic acids is 1.